The summed E-state index contributed by atoms with van der Waals surface area (Å²) >= 11 is 9.39. The van der Waals surface area contributed by atoms with Crippen molar-refractivity contribution in [2.75, 3.05) is 11.9 Å². The van der Waals surface area contributed by atoms with E-state index in [0.29, 0.717) is 0 Å². The highest BCUT2D eigenvalue weighted by Crippen LogP contribution is 2.27. The zero-order valence-corrected chi connectivity index (χ0v) is 12.2. The van der Waals surface area contributed by atoms with Gasteiger partial charge in [0.2, 0.25) is 0 Å². The third-order valence-electron chi connectivity index (χ3n) is 2.45. The molecule has 0 aliphatic rings. The van der Waals surface area contributed by atoms with Crippen LogP contribution in [0.25, 0.3) is 0 Å². The SMILES string of the molecule is Cc1cc(Cl)cc(C)c1OCCCCCBr. The average molecular weight is 306 g/mol. The van der Waals surface area contributed by atoms with Crippen LogP contribution in [0.3, 0.4) is 0 Å². The van der Waals surface area contributed by atoms with Crippen LogP contribution in [-0.2, 0) is 0 Å². The van der Waals surface area contributed by atoms with Crippen LogP contribution in [0.2, 0.25) is 5.02 Å². The van der Waals surface area contributed by atoms with E-state index in [1.807, 2.05) is 26.0 Å². The van der Waals surface area contributed by atoms with Crippen molar-refractivity contribution in [3.63, 3.8) is 0 Å². The molecular formula is C13H18BrClO. The molecule has 0 saturated carbocycles. The van der Waals surface area contributed by atoms with Crippen molar-refractivity contribution >= 4 is 27.5 Å². The Morgan fingerprint density at radius 1 is 1.12 bits per heavy atom. The van der Waals surface area contributed by atoms with Gasteiger partial charge in [0.1, 0.15) is 5.75 Å². The van der Waals surface area contributed by atoms with Crippen LogP contribution < -0.4 is 4.74 Å². The Morgan fingerprint density at radius 3 is 2.31 bits per heavy atom. The lowest BCUT2D eigenvalue weighted by Gasteiger charge is -2.12. The fourth-order valence-corrected chi connectivity index (χ4v) is 2.40. The molecule has 0 aliphatic carbocycles. The Morgan fingerprint density at radius 2 is 1.75 bits per heavy atom. The van der Waals surface area contributed by atoms with Gasteiger partial charge >= 0.3 is 0 Å². The zero-order valence-electron chi connectivity index (χ0n) is 9.85. The number of alkyl halides is 1. The van der Waals surface area contributed by atoms with Crippen molar-refractivity contribution in [3.8, 4) is 5.75 Å². The molecule has 0 saturated heterocycles. The Kier molecular flexibility index (Phi) is 6.22. The first-order chi connectivity index (χ1) is 7.65. The minimum atomic E-state index is 0.779. The minimum absolute atomic E-state index is 0.779. The summed E-state index contributed by atoms with van der Waals surface area (Å²) < 4.78 is 5.80. The Labute approximate surface area is 111 Å². The molecule has 0 unspecified atom stereocenters. The Bertz CT molecular complexity index is 316. The number of aryl methyl sites for hydroxylation is 2. The van der Waals surface area contributed by atoms with Crippen molar-refractivity contribution in [2.45, 2.75) is 33.1 Å². The van der Waals surface area contributed by atoms with Gasteiger partial charge in [0.15, 0.2) is 0 Å². The van der Waals surface area contributed by atoms with E-state index in [0.717, 1.165) is 40.3 Å². The average Bonchev–Trinajstić information content (AvgIpc) is 2.20. The second-order valence-electron chi connectivity index (χ2n) is 3.97. The molecule has 0 bridgehead atoms. The molecule has 0 fully saturated rings. The quantitative estimate of drug-likeness (QED) is 0.536. The van der Waals surface area contributed by atoms with Crippen molar-refractivity contribution in [3.05, 3.63) is 28.3 Å². The fourth-order valence-electron chi connectivity index (χ4n) is 1.67. The first kappa shape index (κ1) is 13.9. The number of hydrogen-bond donors (Lipinski definition) is 0. The topological polar surface area (TPSA) is 9.23 Å². The third kappa shape index (κ3) is 4.34. The van der Waals surface area contributed by atoms with Gasteiger partial charge in [-0.3, -0.25) is 0 Å². The van der Waals surface area contributed by atoms with Gasteiger partial charge in [-0.25, -0.2) is 0 Å². The van der Waals surface area contributed by atoms with Crippen LogP contribution >= 0.6 is 27.5 Å². The molecule has 0 aromatic heterocycles. The minimum Gasteiger partial charge on any atom is -0.493 e. The van der Waals surface area contributed by atoms with E-state index in [2.05, 4.69) is 15.9 Å². The van der Waals surface area contributed by atoms with Crippen molar-refractivity contribution in [2.24, 2.45) is 0 Å². The molecule has 1 rings (SSSR count). The van der Waals surface area contributed by atoms with Crippen LogP contribution in [0.4, 0.5) is 0 Å². The highest BCUT2D eigenvalue weighted by atomic mass is 79.9. The Balaban J connectivity index is 2.47. The summed E-state index contributed by atoms with van der Waals surface area (Å²) in [5.74, 6) is 0.989. The molecule has 1 aromatic rings. The summed E-state index contributed by atoms with van der Waals surface area (Å²) in [5.41, 5.74) is 2.23. The van der Waals surface area contributed by atoms with Crippen molar-refractivity contribution in [1.82, 2.24) is 0 Å². The monoisotopic (exact) mass is 304 g/mol. The molecule has 0 spiro atoms. The van der Waals surface area contributed by atoms with E-state index in [4.69, 9.17) is 16.3 Å². The lowest BCUT2D eigenvalue weighted by Crippen LogP contribution is -2.00. The summed E-state index contributed by atoms with van der Waals surface area (Å²) in [5, 5.41) is 1.85. The van der Waals surface area contributed by atoms with E-state index in [9.17, 15) is 0 Å². The first-order valence-electron chi connectivity index (χ1n) is 5.60. The summed E-state index contributed by atoms with van der Waals surface area (Å²) in [6.07, 6.45) is 3.52. The summed E-state index contributed by atoms with van der Waals surface area (Å²) in [6.45, 7) is 4.86. The van der Waals surface area contributed by atoms with Crippen LogP contribution in [0.15, 0.2) is 12.1 Å². The third-order valence-corrected chi connectivity index (χ3v) is 3.23. The van der Waals surface area contributed by atoms with Gasteiger partial charge in [0.05, 0.1) is 6.61 Å². The standard InChI is InChI=1S/C13H18BrClO/c1-10-8-12(15)9-11(2)13(10)16-7-5-3-4-6-14/h8-9H,3-7H2,1-2H3. The number of ether oxygens (including phenoxy) is 1. The van der Waals surface area contributed by atoms with Gasteiger partial charge in [-0.1, -0.05) is 27.5 Å². The molecule has 0 aliphatic heterocycles. The van der Waals surface area contributed by atoms with Crippen LogP contribution in [0.1, 0.15) is 30.4 Å². The number of benzene rings is 1. The van der Waals surface area contributed by atoms with Gasteiger partial charge in [-0.15, -0.1) is 0 Å². The van der Waals surface area contributed by atoms with Gasteiger partial charge < -0.3 is 4.74 Å². The lowest BCUT2D eigenvalue weighted by atomic mass is 10.1. The lowest BCUT2D eigenvalue weighted by molar-refractivity contribution is 0.302. The fraction of sp³-hybridized carbons (Fsp3) is 0.538. The molecule has 90 valence electrons. The second-order valence-corrected chi connectivity index (χ2v) is 5.20. The summed E-state index contributed by atoms with van der Waals surface area (Å²) in [6, 6.07) is 3.89. The number of hydrogen-bond acceptors (Lipinski definition) is 1. The number of halogens is 2. The largest absolute Gasteiger partial charge is 0.493 e. The maximum absolute atomic E-state index is 5.96. The Hall–Kier alpha value is -0.210. The van der Waals surface area contributed by atoms with Crippen LogP contribution in [0.5, 0.6) is 5.75 Å². The van der Waals surface area contributed by atoms with E-state index in [1.165, 1.54) is 12.8 Å². The summed E-state index contributed by atoms with van der Waals surface area (Å²) in [4.78, 5) is 0. The number of unbranched alkanes of at least 4 members (excludes halogenated alkanes) is 2. The molecule has 0 N–H and O–H groups in total. The summed E-state index contributed by atoms with van der Waals surface area (Å²) in [7, 11) is 0. The highest BCUT2D eigenvalue weighted by molar-refractivity contribution is 9.09. The molecule has 1 nitrogen and oxygen atoms in total. The molecule has 0 heterocycles. The van der Waals surface area contributed by atoms with Gasteiger partial charge in [0, 0.05) is 10.4 Å². The van der Waals surface area contributed by atoms with E-state index in [-0.39, 0.29) is 0 Å². The van der Waals surface area contributed by atoms with E-state index in [1.54, 1.807) is 0 Å². The van der Waals surface area contributed by atoms with Gasteiger partial charge in [0.25, 0.3) is 0 Å². The molecule has 0 amide bonds. The van der Waals surface area contributed by atoms with Crippen molar-refractivity contribution < 1.29 is 4.74 Å². The maximum Gasteiger partial charge on any atom is 0.125 e. The van der Waals surface area contributed by atoms with E-state index >= 15 is 0 Å². The second kappa shape index (κ2) is 7.18. The first-order valence-corrected chi connectivity index (χ1v) is 7.10. The molecule has 16 heavy (non-hydrogen) atoms. The van der Waals surface area contributed by atoms with E-state index < -0.39 is 0 Å². The smallest absolute Gasteiger partial charge is 0.125 e. The van der Waals surface area contributed by atoms with Crippen LogP contribution in [0, 0.1) is 13.8 Å². The van der Waals surface area contributed by atoms with Gasteiger partial charge in [-0.2, -0.15) is 0 Å². The molecular weight excluding hydrogens is 287 g/mol. The maximum atomic E-state index is 5.96. The molecule has 0 atom stereocenters. The highest BCUT2D eigenvalue weighted by Gasteiger charge is 2.05. The molecule has 3 heteroatoms. The number of rotatable bonds is 6. The normalized spacial score (nSPS) is 10.5. The van der Waals surface area contributed by atoms with Gasteiger partial charge in [-0.05, 0) is 56.4 Å². The predicted molar refractivity (Wildman–Crippen MR) is 74.1 cm³/mol. The predicted octanol–water partition coefficient (Wildman–Crippen LogP) is 4.90. The zero-order chi connectivity index (χ0) is 12.0. The van der Waals surface area contributed by atoms with Crippen molar-refractivity contribution in [1.29, 1.82) is 0 Å². The molecule has 1 aromatic carbocycles. The van der Waals surface area contributed by atoms with Crippen LogP contribution in [-0.4, -0.2) is 11.9 Å². The molecule has 0 radical (unpaired) electrons.